The van der Waals surface area contributed by atoms with Crippen LogP contribution < -0.4 is 21.1 Å². The topological polar surface area (TPSA) is 109 Å². The lowest BCUT2D eigenvalue weighted by Crippen LogP contribution is -2.44. The fourth-order valence-electron chi connectivity index (χ4n) is 4.15. The van der Waals surface area contributed by atoms with Crippen LogP contribution in [0.1, 0.15) is 39.2 Å². The maximum atomic E-state index is 13.1. The quantitative estimate of drug-likeness (QED) is 0.536. The Kier molecular flexibility index (Phi) is 7.26. The zero-order valence-electron chi connectivity index (χ0n) is 19.7. The lowest BCUT2D eigenvalue weighted by atomic mass is 9.97. The summed E-state index contributed by atoms with van der Waals surface area (Å²) in [6, 6.07) is 7.71. The van der Waals surface area contributed by atoms with E-state index in [4.69, 9.17) is 0 Å². The summed E-state index contributed by atoms with van der Waals surface area (Å²) in [5.41, 5.74) is 1.86. The van der Waals surface area contributed by atoms with Gasteiger partial charge in [-0.05, 0) is 44.7 Å². The van der Waals surface area contributed by atoms with Gasteiger partial charge >= 0.3 is 0 Å². The molecule has 0 bridgehead atoms. The molecule has 0 spiro atoms. The molecular weight excluding hydrogens is 452 g/mol. The number of piperidine rings is 1. The third kappa shape index (κ3) is 5.27. The Labute approximate surface area is 202 Å². The summed E-state index contributed by atoms with van der Waals surface area (Å²) in [7, 11) is 0. The average Bonchev–Trinajstić information content (AvgIpc) is 3.26. The predicted octanol–water partition coefficient (Wildman–Crippen LogP) is 2.80. The molecule has 3 heterocycles. The molecule has 0 saturated carbocycles. The first-order chi connectivity index (χ1) is 16.4. The van der Waals surface area contributed by atoms with Crippen LogP contribution in [0.3, 0.4) is 0 Å². The van der Waals surface area contributed by atoms with Gasteiger partial charge in [0.05, 0.1) is 5.92 Å². The number of para-hydroxylation sites is 1. The Bertz CT molecular complexity index is 1250. The fraction of sp³-hybridized carbons (Fsp3) is 0.458. The number of carbonyl (C=O) groups excluding carboxylic acids is 2. The summed E-state index contributed by atoms with van der Waals surface area (Å²) in [5.74, 6) is -0.344. The van der Waals surface area contributed by atoms with Gasteiger partial charge in [0.2, 0.25) is 11.8 Å². The van der Waals surface area contributed by atoms with E-state index in [9.17, 15) is 14.4 Å². The van der Waals surface area contributed by atoms with Crippen molar-refractivity contribution in [1.29, 1.82) is 0 Å². The first-order valence-corrected chi connectivity index (χ1v) is 12.5. The van der Waals surface area contributed by atoms with Crippen LogP contribution in [0.5, 0.6) is 0 Å². The van der Waals surface area contributed by atoms with E-state index in [-0.39, 0.29) is 35.9 Å². The molecule has 9 nitrogen and oxygen atoms in total. The van der Waals surface area contributed by atoms with Gasteiger partial charge in [-0.1, -0.05) is 36.5 Å². The van der Waals surface area contributed by atoms with E-state index in [2.05, 4.69) is 25.5 Å². The smallest absolute Gasteiger partial charge is 0.273 e. The van der Waals surface area contributed by atoms with Gasteiger partial charge in [-0.3, -0.25) is 19.0 Å². The molecule has 4 rings (SSSR count). The van der Waals surface area contributed by atoms with Crippen LogP contribution in [-0.4, -0.2) is 45.5 Å². The summed E-state index contributed by atoms with van der Waals surface area (Å²) in [6.45, 7) is 7.13. The largest absolute Gasteiger partial charge is 0.354 e. The Balaban J connectivity index is 1.50. The molecule has 3 aromatic rings. The van der Waals surface area contributed by atoms with E-state index in [0.717, 1.165) is 37.1 Å². The minimum atomic E-state index is -0.293. The highest BCUT2D eigenvalue weighted by atomic mass is 32.1. The maximum Gasteiger partial charge on any atom is 0.273 e. The van der Waals surface area contributed by atoms with Gasteiger partial charge in [0.15, 0.2) is 10.8 Å². The first-order valence-electron chi connectivity index (χ1n) is 11.6. The molecule has 2 N–H and O–H groups in total. The summed E-state index contributed by atoms with van der Waals surface area (Å²) < 4.78 is 1.72. The van der Waals surface area contributed by atoms with Crippen molar-refractivity contribution < 1.29 is 9.59 Å². The van der Waals surface area contributed by atoms with Gasteiger partial charge in [0, 0.05) is 24.8 Å². The highest BCUT2D eigenvalue weighted by Crippen LogP contribution is 2.29. The lowest BCUT2D eigenvalue weighted by molar-refractivity contribution is -0.125. The Morgan fingerprint density at radius 3 is 2.82 bits per heavy atom. The van der Waals surface area contributed by atoms with Crippen molar-refractivity contribution in [3.8, 4) is 0 Å². The minimum Gasteiger partial charge on any atom is -0.354 e. The second-order valence-electron chi connectivity index (χ2n) is 8.83. The Morgan fingerprint density at radius 1 is 1.26 bits per heavy atom. The summed E-state index contributed by atoms with van der Waals surface area (Å²) in [5, 5.41) is 6.55. The summed E-state index contributed by atoms with van der Waals surface area (Å²) in [6.07, 6.45) is 3.88. The number of rotatable bonds is 7. The van der Waals surface area contributed by atoms with Crippen LogP contribution >= 0.6 is 11.3 Å². The molecule has 0 aliphatic carbocycles. The van der Waals surface area contributed by atoms with Crippen LogP contribution in [0, 0.1) is 5.92 Å². The molecule has 180 valence electrons. The number of benzene rings is 1. The number of carbonyl (C=O) groups is 2. The van der Waals surface area contributed by atoms with Crippen molar-refractivity contribution in [2.75, 3.05) is 23.3 Å². The molecule has 1 saturated heterocycles. The first kappa shape index (κ1) is 23.9. The van der Waals surface area contributed by atoms with Crippen molar-refractivity contribution in [3.05, 3.63) is 46.5 Å². The molecule has 1 aliphatic rings. The monoisotopic (exact) mass is 482 g/mol. The highest BCUT2D eigenvalue weighted by Gasteiger charge is 2.28. The second-order valence-corrected chi connectivity index (χ2v) is 9.81. The average molecular weight is 483 g/mol. The lowest BCUT2D eigenvalue weighted by Gasteiger charge is -2.32. The number of fused-ring (bicyclic) bond motifs is 1. The minimum absolute atomic E-state index is 0.0527. The van der Waals surface area contributed by atoms with E-state index >= 15 is 0 Å². The number of amides is 2. The third-order valence-corrected chi connectivity index (χ3v) is 6.95. The van der Waals surface area contributed by atoms with Crippen molar-refractivity contribution >= 4 is 44.3 Å². The molecule has 2 amide bonds. The van der Waals surface area contributed by atoms with Crippen molar-refractivity contribution in [2.45, 2.75) is 52.6 Å². The van der Waals surface area contributed by atoms with Gasteiger partial charge in [-0.25, -0.2) is 4.98 Å². The zero-order valence-corrected chi connectivity index (χ0v) is 20.5. The van der Waals surface area contributed by atoms with Crippen LogP contribution in [0.4, 0.5) is 10.8 Å². The van der Waals surface area contributed by atoms with Crippen molar-refractivity contribution in [2.24, 2.45) is 5.92 Å². The van der Waals surface area contributed by atoms with Gasteiger partial charge in [-0.2, -0.15) is 4.98 Å². The van der Waals surface area contributed by atoms with Gasteiger partial charge < -0.3 is 15.5 Å². The number of hydrogen-bond donors (Lipinski definition) is 2. The third-order valence-electron chi connectivity index (χ3n) is 5.85. The normalized spacial score (nSPS) is 16.1. The molecular formula is C24H30N6O3S. The molecule has 10 heteroatoms. The van der Waals surface area contributed by atoms with E-state index in [1.807, 2.05) is 45.0 Å². The van der Waals surface area contributed by atoms with E-state index in [0.29, 0.717) is 22.0 Å². The Hall–Kier alpha value is -3.27. The van der Waals surface area contributed by atoms with Crippen molar-refractivity contribution in [1.82, 2.24) is 19.9 Å². The second kappa shape index (κ2) is 10.3. The van der Waals surface area contributed by atoms with E-state index in [1.54, 1.807) is 0 Å². The molecule has 1 fully saturated rings. The van der Waals surface area contributed by atoms with Gasteiger partial charge in [-0.15, -0.1) is 0 Å². The number of nitrogens with one attached hydrogen (secondary N) is 2. The van der Waals surface area contributed by atoms with Crippen LogP contribution in [0.2, 0.25) is 0 Å². The fourth-order valence-corrected chi connectivity index (χ4v) is 5.15. The molecule has 1 atom stereocenters. The Morgan fingerprint density at radius 2 is 2.06 bits per heavy atom. The molecule has 34 heavy (non-hydrogen) atoms. The summed E-state index contributed by atoms with van der Waals surface area (Å²) >= 11 is 1.26. The number of aromatic nitrogens is 3. The van der Waals surface area contributed by atoms with Crippen molar-refractivity contribution in [3.63, 3.8) is 0 Å². The van der Waals surface area contributed by atoms with Gasteiger partial charge in [0.1, 0.15) is 17.6 Å². The van der Waals surface area contributed by atoms with E-state index in [1.165, 1.54) is 22.2 Å². The number of hydrogen-bond acceptors (Lipinski definition) is 7. The summed E-state index contributed by atoms with van der Waals surface area (Å²) in [4.78, 5) is 49.1. The molecule has 1 aromatic carbocycles. The predicted molar refractivity (Wildman–Crippen MR) is 134 cm³/mol. The zero-order chi connectivity index (χ0) is 24.2. The van der Waals surface area contributed by atoms with Crippen LogP contribution in [0.15, 0.2) is 35.4 Å². The maximum absolute atomic E-state index is 13.1. The SMILES string of the molecule is CCc1ccccc1NC(=O)Cn1cnc2nc(N3CCC[C@H](C(=O)NC(C)C)C3)sc2c1=O. The molecule has 1 aliphatic heterocycles. The van der Waals surface area contributed by atoms with Gasteiger partial charge in [0.25, 0.3) is 5.56 Å². The van der Waals surface area contributed by atoms with Crippen LogP contribution in [-0.2, 0) is 22.6 Å². The number of thiazole rings is 1. The van der Waals surface area contributed by atoms with Crippen LogP contribution in [0.25, 0.3) is 10.3 Å². The number of anilines is 2. The van der Waals surface area contributed by atoms with E-state index < -0.39 is 0 Å². The standard InChI is InChI=1S/C24H30N6O3S/c1-4-16-8-5-6-10-18(16)27-19(31)13-30-14-25-21-20(23(30)33)34-24(28-21)29-11-7-9-17(12-29)22(32)26-15(2)3/h5-6,8,10,14-15,17H,4,7,9,11-13H2,1-3H3,(H,26,32)(H,27,31)/t17-/m0/s1. The number of aryl methyl sites for hydroxylation is 1. The number of nitrogens with zero attached hydrogens (tertiary/aromatic N) is 4. The highest BCUT2D eigenvalue weighted by molar-refractivity contribution is 7.22. The molecule has 0 unspecified atom stereocenters. The molecule has 0 radical (unpaired) electrons. The molecule has 2 aromatic heterocycles.